The molecule has 4 unspecified atom stereocenters. The molecule has 0 spiro atoms. The summed E-state index contributed by atoms with van der Waals surface area (Å²) in [5, 5.41) is 6.61. The molecule has 2 fully saturated rings. The summed E-state index contributed by atoms with van der Waals surface area (Å²) >= 11 is 0. The van der Waals surface area contributed by atoms with Gasteiger partial charge in [0, 0.05) is 12.6 Å². The van der Waals surface area contributed by atoms with Crippen molar-refractivity contribution in [3.05, 3.63) is 35.6 Å². The van der Waals surface area contributed by atoms with Gasteiger partial charge in [-0.3, -0.25) is 4.79 Å². The highest BCUT2D eigenvalue weighted by molar-refractivity contribution is 5.85. The lowest BCUT2D eigenvalue weighted by Gasteiger charge is -2.26. The molecule has 1 amide bonds. The molecule has 0 bridgehead atoms. The van der Waals surface area contributed by atoms with Crippen molar-refractivity contribution in [1.82, 2.24) is 15.5 Å². The molecular weight excluding hydrogens is 376 g/mol. The number of nitrogens with zero attached hydrogens (tertiary/aromatic N) is 1. The third-order valence-corrected chi connectivity index (χ3v) is 5.53. The minimum Gasteiger partial charge on any atom is -0.353 e. The van der Waals surface area contributed by atoms with Crippen molar-refractivity contribution in [1.29, 1.82) is 0 Å². The quantitative estimate of drug-likeness (QED) is 0.789. The molecule has 0 aromatic heterocycles. The Morgan fingerprint density at radius 1 is 1.23 bits per heavy atom. The molecule has 7 heteroatoms. The van der Waals surface area contributed by atoms with E-state index in [-0.39, 0.29) is 48.6 Å². The SMILES string of the molecule is CN(C)C(CNC(=O)C1CC2CCCCC2N1)c1ccc(F)cc1.Cl.Cl. The van der Waals surface area contributed by atoms with Gasteiger partial charge in [-0.2, -0.15) is 0 Å². The van der Waals surface area contributed by atoms with Gasteiger partial charge in [0.15, 0.2) is 0 Å². The Hall–Kier alpha value is -0.880. The van der Waals surface area contributed by atoms with Crippen molar-refractivity contribution >= 4 is 30.7 Å². The number of hydrogen-bond donors (Lipinski definition) is 2. The second kappa shape index (κ2) is 10.5. The van der Waals surface area contributed by atoms with Crippen LogP contribution in [-0.2, 0) is 4.79 Å². The molecule has 2 aliphatic rings. The van der Waals surface area contributed by atoms with E-state index in [1.807, 2.05) is 14.1 Å². The Morgan fingerprint density at radius 3 is 2.50 bits per heavy atom. The van der Waals surface area contributed by atoms with E-state index in [0.717, 1.165) is 12.0 Å². The molecule has 1 heterocycles. The monoisotopic (exact) mass is 405 g/mol. The minimum atomic E-state index is -0.238. The highest BCUT2D eigenvalue weighted by Gasteiger charge is 2.38. The van der Waals surface area contributed by atoms with E-state index in [2.05, 4.69) is 15.5 Å². The van der Waals surface area contributed by atoms with Crippen LogP contribution in [0.25, 0.3) is 0 Å². The third kappa shape index (κ3) is 5.56. The molecule has 3 rings (SSSR count). The zero-order chi connectivity index (χ0) is 17.1. The van der Waals surface area contributed by atoms with Gasteiger partial charge in [0.1, 0.15) is 5.82 Å². The van der Waals surface area contributed by atoms with Crippen LogP contribution >= 0.6 is 24.8 Å². The fraction of sp³-hybridized carbons (Fsp3) is 0.632. The second-order valence-corrected chi connectivity index (χ2v) is 7.38. The first-order chi connectivity index (χ1) is 11.5. The van der Waals surface area contributed by atoms with Crippen LogP contribution in [0.2, 0.25) is 0 Å². The summed E-state index contributed by atoms with van der Waals surface area (Å²) in [4.78, 5) is 14.6. The van der Waals surface area contributed by atoms with Gasteiger partial charge in [0.25, 0.3) is 0 Å². The second-order valence-electron chi connectivity index (χ2n) is 7.38. The van der Waals surface area contributed by atoms with Crippen LogP contribution in [0.1, 0.15) is 43.7 Å². The smallest absolute Gasteiger partial charge is 0.237 e. The van der Waals surface area contributed by atoms with E-state index < -0.39 is 0 Å². The van der Waals surface area contributed by atoms with Gasteiger partial charge >= 0.3 is 0 Å². The van der Waals surface area contributed by atoms with Gasteiger partial charge in [0.2, 0.25) is 5.91 Å². The zero-order valence-electron chi connectivity index (χ0n) is 15.4. The zero-order valence-corrected chi connectivity index (χ0v) is 17.0. The standard InChI is InChI=1S/C19H28FN3O.2ClH/c1-23(2)18(13-7-9-15(20)10-8-13)12-21-19(24)17-11-14-5-3-4-6-16(14)22-17;;/h7-10,14,16-18,22H,3-6,11-12H2,1-2H3,(H,21,24);2*1H. The van der Waals surface area contributed by atoms with E-state index in [1.54, 1.807) is 12.1 Å². The molecule has 1 aromatic rings. The highest BCUT2D eigenvalue weighted by atomic mass is 35.5. The van der Waals surface area contributed by atoms with Crippen LogP contribution in [0, 0.1) is 11.7 Å². The Bertz CT molecular complexity index is 556. The van der Waals surface area contributed by atoms with E-state index in [1.165, 1.54) is 37.8 Å². The van der Waals surface area contributed by atoms with Gasteiger partial charge < -0.3 is 15.5 Å². The Labute approximate surface area is 168 Å². The van der Waals surface area contributed by atoms with E-state index >= 15 is 0 Å². The van der Waals surface area contributed by atoms with Gasteiger partial charge in [0.05, 0.1) is 12.1 Å². The number of likely N-dealkylation sites (N-methyl/N-ethyl adjacent to an activating group) is 1. The van der Waals surface area contributed by atoms with Crippen LogP contribution in [0.4, 0.5) is 4.39 Å². The maximum absolute atomic E-state index is 13.1. The number of benzene rings is 1. The normalized spacial score (nSPS) is 25.6. The van der Waals surface area contributed by atoms with Gasteiger partial charge in [-0.25, -0.2) is 4.39 Å². The fourth-order valence-corrected chi connectivity index (χ4v) is 4.13. The van der Waals surface area contributed by atoms with Crippen LogP contribution in [0.5, 0.6) is 0 Å². The summed E-state index contributed by atoms with van der Waals surface area (Å²) in [5.74, 6) is 0.521. The molecule has 4 atom stereocenters. The first-order valence-electron chi connectivity index (χ1n) is 9.00. The topological polar surface area (TPSA) is 44.4 Å². The lowest BCUT2D eigenvalue weighted by atomic mass is 9.85. The summed E-state index contributed by atoms with van der Waals surface area (Å²) in [6.45, 7) is 0.533. The summed E-state index contributed by atoms with van der Waals surface area (Å²) in [5.41, 5.74) is 1.01. The van der Waals surface area contributed by atoms with Crippen LogP contribution in [0.15, 0.2) is 24.3 Å². The average Bonchev–Trinajstić information content (AvgIpc) is 3.00. The number of carbonyl (C=O) groups excluding carboxylic acids is 1. The van der Waals surface area contributed by atoms with E-state index in [9.17, 15) is 9.18 Å². The number of amides is 1. The number of rotatable bonds is 5. The Kier molecular flexibility index (Phi) is 9.31. The predicted molar refractivity (Wildman–Crippen MR) is 108 cm³/mol. The van der Waals surface area contributed by atoms with Gasteiger partial charge in [-0.1, -0.05) is 25.0 Å². The van der Waals surface area contributed by atoms with Crippen LogP contribution in [0.3, 0.4) is 0 Å². The Balaban J connectivity index is 0.00000169. The van der Waals surface area contributed by atoms with E-state index in [0.29, 0.717) is 18.5 Å². The summed E-state index contributed by atoms with van der Waals surface area (Å²) in [7, 11) is 3.95. The lowest BCUT2D eigenvalue weighted by molar-refractivity contribution is -0.123. The van der Waals surface area contributed by atoms with Crippen molar-refractivity contribution in [3.8, 4) is 0 Å². The largest absolute Gasteiger partial charge is 0.353 e. The van der Waals surface area contributed by atoms with Crippen molar-refractivity contribution < 1.29 is 9.18 Å². The van der Waals surface area contributed by atoms with Gasteiger partial charge in [-0.15, -0.1) is 24.8 Å². The predicted octanol–water partition coefficient (Wildman–Crippen LogP) is 3.31. The average molecular weight is 406 g/mol. The maximum Gasteiger partial charge on any atom is 0.237 e. The van der Waals surface area contributed by atoms with Crippen molar-refractivity contribution in [2.45, 2.75) is 50.2 Å². The number of fused-ring (bicyclic) bond motifs is 1. The van der Waals surface area contributed by atoms with Gasteiger partial charge in [-0.05, 0) is 57.0 Å². The first kappa shape index (κ1) is 23.2. The van der Waals surface area contributed by atoms with Crippen molar-refractivity contribution in [2.75, 3.05) is 20.6 Å². The van der Waals surface area contributed by atoms with E-state index in [4.69, 9.17) is 0 Å². The molecule has 1 aliphatic carbocycles. The summed E-state index contributed by atoms with van der Waals surface area (Å²) in [6.07, 6.45) is 5.97. The van der Waals surface area contributed by atoms with Crippen molar-refractivity contribution in [2.24, 2.45) is 5.92 Å². The molecule has 1 aliphatic heterocycles. The number of nitrogens with one attached hydrogen (secondary N) is 2. The third-order valence-electron chi connectivity index (χ3n) is 5.53. The van der Waals surface area contributed by atoms with Crippen molar-refractivity contribution in [3.63, 3.8) is 0 Å². The molecule has 4 nitrogen and oxygen atoms in total. The minimum absolute atomic E-state index is 0. The van der Waals surface area contributed by atoms with Crippen LogP contribution in [-0.4, -0.2) is 43.5 Å². The number of hydrogen-bond acceptors (Lipinski definition) is 3. The molecular formula is C19H30Cl2FN3O. The lowest BCUT2D eigenvalue weighted by Crippen LogP contribution is -2.45. The molecule has 1 saturated carbocycles. The highest BCUT2D eigenvalue weighted by Crippen LogP contribution is 2.33. The summed E-state index contributed by atoms with van der Waals surface area (Å²) < 4.78 is 13.1. The number of carbonyl (C=O) groups is 1. The molecule has 26 heavy (non-hydrogen) atoms. The molecule has 1 saturated heterocycles. The Morgan fingerprint density at radius 2 is 1.88 bits per heavy atom. The molecule has 0 radical (unpaired) electrons. The maximum atomic E-state index is 13.1. The molecule has 148 valence electrons. The van der Waals surface area contributed by atoms with Crippen LogP contribution < -0.4 is 10.6 Å². The molecule has 2 N–H and O–H groups in total. The summed E-state index contributed by atoms with van der Waals surface area (Å²) in [6, 6.07) is 7.01. The fourth-order valence-electron chi connectivity index (χ4n) is 4.13. The number of halogens is 3. The molecule has 1 aromatic carbocycles. The first-order valence-corrected chi connectivity index (χ1v) is 9.00.